The van der Waals surface area contributed by atoms with Crippen molar-refractivity contribution in [2.75, 3.05) is 6.54 Å². The largest absolute Gasteiger partial charge is 0.313 e. The summed E-state index contributed by atoms with van der Waals surface area (Å²) in [4.78, 5) is 0. The van der Waals surface area contributed by atoms with Gasteiger partial charge >= 0.3 is 0 Å². The molecule has 0 saturated carbocycles. The Morgan fingerprint density at radius 1 is 1.45 bits per heavy atom. The Labute approximate surface area is 70.6 Å². The summed E-state index contributed by atoms with van der Waals surface area (Å²) in [6, 6.07) is 0.442. The number of hydrogen-bond acceptors (Lipinski definition) is 1. The third kappa shape index (κ3) is 4.06. The monoisotopic (exact) mass is 153 g/mol. The molecule has 0 spiro atoms. The Balaban J connectivity index is 4.01. The molecular formula is C10H19N. The molecule has 0 aromatic rings. The smallest absolute Gasteiger partial charge is 0.0245 e. The van der Waals surface area contributed by atoms with Crippen LogP contribution in [-0.2, 0) is 0 Å². The zero-order valence-electron chi connectivity index (χ0n) is 8.07. The second kappa shape index (κ2) is 4.41. The Bertz CT molecular complexity index is 136. The fourth-order valence-electron chi connectivity index (χ4n) is 1.05. The maximum absolute atomic E-state index is 5.27. The first-order valence-electron chi connectivity index (χ1n) is 4.19. The molecule has 1 nitrogen and oxygen atoms in total. The minimum Gasteiger partial charge on any atom is -0.313 e. The fraction of sp³-hybridized carbons (Fsp3) is 0.800. The van der Waals surface area contributed by atoms with Gasteiger partial charge in [0.2, 0.25) is 0 Å². The molecule has 1 heteroatoms. The lowest BCUT2D eigenvalue weighted by atomic mass is 9.85. The van der Waals surface area contributed by atoms with Crippen LogP contribution >= 0.6 is 0 Å². The Morgan fingerprint density at radius 2 is 2.00 bits per heavy atom. The lowest BCUT2D eigenvalue weighted by Crippen LogP contribution is -2.39. The van der Waals surface area contributed by atoms with Crippen molar-refractivity contribution in [1.29, 1.82) is 0 Å². The van der Waals surface area contributed by atoms with Gasteiger partial charge in [0.05, 0.1) is 0 Å². The van der Waals surface area contributed by atoms with Gasteiger partial charge in [-0.3, -0.25) is 0 Å². The molecule has 0 fully saturated rings. The average molecular weight is 153 g/mol. The van der Waals surface area contributed by atoms with Crippen LogP contribution in [0.15, 0.2) is 0 Å². The van der Waals surface area contributed by atoms with Gasteiger partial charge in [-0.2, -0.15) is 0 Å². The van der Waals surface area contributed by atoms with Crippen LogP contribution in [-0.4, -0.2) is 12.6 Å². The van der Waals surface area contributed by atoms with Gasteiger partial charge < -0.3 is 5.32 Å². The van der Waals surface area contributed by atoms with E-state index in [0.717, 1.165) is 13.0 Å². The summed E-state index contributed by atoms with van der Waals surface area (Å²) in [6.07, 6.45) is 6.08. The molecule has 1 unspecified atom stereocenters. The first kappa shape index (κ1) is 10.5. The van der Waals surface area contributed by atoms with Crippen LogP contribution in [0.2, 0.25) is 0 Å². The summed E-state index contributed by atoms with van der Waals surface area (Å²) in [7, 11) is 0. The third-order valence-corrected chi connectivity index (χ3v) is 1.82. The van der Waals surface area contributed by atoms with Crippen LogP contribution < -0.4 is 5.32 Å². The van der Waals surface area contributed by atoms with Gasteiger partial charge in [0.15, 0.2) is 0 Å². The van der Waals surface area contributed by atoms with Crippen molar-refractivity contribution in [3.63, 3.8) is 0 Å². The second-order valence-corrected chi connectivity index (χ2v) is 3.88. The van der Waals surface area contributed by atoms with E-state index < -0.39 is 0 Å². The number of terminal acetylenes is 1. The summed E-state index contributed by atoms with van der Waals surface area (Å²) in [5, 5.41) is 3.38. The number of rotatable bonds is 3. The molecule has 1 atom stereocenters. The summed E-state index contributed by atoms with van der Waals surface area (Å²) in [5.41, 5.74) is 0.266. The van der Waals surface area contributed by atoms with Crippen LogP contribution in [0.4, 0.5) is 0 Å². The van der Waals surface area contributed by atoms with E-state index >= 15 is 0 Å². The number of hydrogen-bond donors (Lipinski definition) is 1. The topological polar surface area (TPSA) is 12.0 Å². The highest BCUT2D eigenvalue weighted by atomic mass is 14.9. The van der Waals surface area contributed by atoms with E-state index in [1.165, 1.54) is 0 Å². The van der Waals surface area contributed by atoms with Crippen molar-refractivity contribution in [2.45, 2.75) is 40.2 Å². The summed E-state index contributed by atoms with van der Waals surface area (Å²) in [5.74, 6) is 2.70. The van der Waals surface area contributed by atoms with Crippen molar-refractivity contribution < 1.29 is 0 Å². The van der Waals surface area contributed by atoms with Gasteiger partial charge in [0.1, 0.15) is 0 Å². The van der Waals surface area contributed by atoms with Crippen LogP contribution in [0.5, 0.6) is 0 Å². The molecule has 0 radical (unpaired) electrons. The zero-order chi connectivity index (χ0) is 8.91. The molecule has 11 heavy (non-hydrogen) atoms. The van der Waals surface area contributed by atoms with Crippen LogP contribution in [0, 0.1) is 17.8 Å². The maximum atomic E-state index is 5.27. The van der Waals surface area contributed by atoms with Crippen LogP contribution in [0.1, 0.15) is 34.1 Å². The number of nitrogens with one attached hydrogen (secondary N) is 1. The van der Waals surface area contributed by atoms with E-state index in [0.29, 0.717) is 6.04 Å². The van der Waals surface area contributed by atoms with E-state index in [9.17, 15) is 0 Å². The highest BCUT2D eigenvalue weighted by Crippen LogP contribution is 2.20. The Hall–Kier alpha value is -0.480. The molecule has 0 rings (SSSR count). The molecule has 0 aliphatic carbocycles. The van der Waals surface area contributed by atoms with Crippen LogP contribution in [0.25, 0.3) is 0 Å². The Kier molecular flexibility index (Phi) is 4.22. The molecule has 0 aromatic heterocycles. The lowest BCUT2D eigenvalue weighted by Gasteiger charge is -2.29. The standard InChI is InChI=1S/C10H19N/c1-6-8-9(11-7-2)10(3,4)5/h1,9,11H,7-8H2,2-5H3. The first-order valence-corrected chi connectivity index (χ1v) is 4.19. The predicted molar refractivity (Wildman–Crippen MR) is 50.4 cm³/mol. The minimum absolute atomic E-state index is 0.266. The molecule has 0 aliphatic heterocycles. The van der Waals surface area contributed by atoms with E-state index in [2.05, 4.69) is 38.9 Å². The molecule has 0 heterocycles. The van der Waals surface area contributed by atoms with Crippen molar-refractivity contribution in [1.82, 2.24) is 5.32 Å². The molecule has 1 N–H and O–H groups in total. The molecule has 64 valence electrons. The van der Waals surface area contributed by atoms with E-state index in [1.807, 2.05) is 0 Å². The summed E-state index contributed by atoms with van der Waals surface area (Å²) in [6.45, 7) is 9.71. The fourth-order valence-corrected chi connectivity index (χ4v) is 1.05. The second-order valence-electron chi connectivity index (χ2n) is 3.88. The summed E-state index contributed by atoms with van der Waals surface area (Å²) >= 11 is 0. The van der Waals surface area contributed by atoms with Crippen molar-refractivity contribution in [3.8, 4) is 12.3 Å². The molecule has 0 aliphatic rings. The Morgan fingerprint density at radius 3 is 2.27 bits per heavy atom. The quantitative estimate of drug-likeness (QED) is 0.612. The minimum atomic E-state index is 0.266. The van der Waals surface area contributed by atoms with Gasteiger partial charge in [-0.1, -0.05) is 27.7 Å². The van der Waals surface area contributed by atoms with Crippen molar-refractivity contribution in [3.05, 3.63) is 0 Å². The molecule has 0 amide bonds. The van der Waals surface area contributed by atoms with E-state index in [-0.39, 0.29) is 5.41 Å². The molecule has 0 bridgehead atoms. The van der Waals surface area contributed by atoms with E-state index in [4.69, 9.17) is 6.42 Å². The van der Waals surface area contributed by atoms with Gasteiger partial charge in [-0.05, 0) is 12.0 Å². The first-order chi connectivity index (χ1) is 5.02. The van der Waals surface area contributed by atoms with Gasteiger partial charge in [0, 0.05) is 12.5 Å². The van der Waals surface area contributed by atoms with Gasteiger partial charge in [-0.15, -0.1) is 12.3 Å². The molecule has 0 aromatic carbocycles. The third-order valence-electron chi connectivity index (χ3n) is 1.82. The zero-order valence-corrected chi connectivity index (χ0v) is 8.07. The van der Waals surface area contributed by atoms with E-state index in [1.54, 1.807) is 0 Å². The van der Waals surface area contributed by atoms with Crippen molar-refractivity contribution in [2.24, 2.45) is 5.41 Å². The average Bonchev–Trinajstić information content (AvgIpc) is 1.85. The van der Waals surface area contributed by atoms with Crippen molar-refractivity contribution >= 4 is 0 Å². The molecular weight excluding hydrogens is 134 g/mol. The summed E-state index contributed by atoms with van der Waals surface area (Å²) < 4.78 is 0. The normalized spacial score (nSPS) is 14.1. The highest BCUT2D eigenvalue weighted by molar-refractivity contribution is 4.94. The van der Waals surface area contributed by atoms with Gasteiger partial charge in [-0.25, -0.2) is 0 Å². The van der Waals surface area contributed by atoms with Crippen LogP contribution in [0.3, 0.4) is 0 Å². The molecule has 0 saturated heterocycles. The SMILES string of the molecule is C#CCC(NCC)C(C)(C)C. The predicted octanol–water partition coefficient (Wildman–Crippen LogP) is 2.03. The maximum Gasteiger partial charge on any atom is 0.0245 e. The highest BCUT2D eigenvalue weighted by Gasteiger charge is 2.22. The van der Waals surface area contributed by atoms with Gasteiger partial charge in [0.25, 0.3) is 0 Å². The lowest BCUT2D eigenvalue weighted by molar-refractivity contribution is 0.276.